The van der Waals surface area contributed by atoms with Crippen LogP contribution in [0, 0.1) is 11.3 Å². The Labute approximate surface area is 109 Å². The van der Waals surface area contributed by atoms with Crippen molar-refractivity contribution in [2.75, 3.05) is 18.2 Å². The van der Waals surface area contributed by atoms with E-state index in [0.29, 0.717) is 6.61 Å². The second-order valence-electron chi connectivity index (χ2n) is 3.41. The minimum atomic E-state index is -0.458. The Bertz CT molecular complexity index is 536. The van der Waals surface area contributed by atoms with Crippen molar-refractivity contribution in [3.63, 3.8) is 0 Å². The molecular weight excluding hydrogens is 250 g/mol. The number of benzene rings is 1. The van der Waals surface area contributed by atoms with Crippen molar-refractivity contribution in [1.82, 2.24) is 0 Å². The molecule has 5 nitrogen and oxygen atoms in total. The number of hydrogen-bond donors (Lipinski definition) is 0. The SMILES string of the molecule is CCOC(=O)C1=NN(CC#N)c2ccccc2S1. The Balaban J connectivity index is 2.32. The topological polar surface area (TPSA) is 65.7 Å². The maximum atomic E-state index is 11.7. The van der Waals surface area contributed by atoms with Gasteiger partial charge in [0.1, 0.15) is 6.54 Å². The van der Waals surface area contributed by atoms with Crippen LogP contribution in [0.5, 0.6) is 0 Å². The van der Waals surface area contributed by atoms with Crippen LogP contribution < -0.4 is 5.01 Å². The van der Waals surface area contributed by atoms with Gasteiger partial charge in [0.25, 0.3) is 0 Å². The highest BCUT2D eigenvalue weighted by molar-refractivity contribution is 8.15. The molecule has 2 rings (SSSR count). The average molecular weight is 261 g/mol. The number of carbonyl (C=O) groups excluding carboxylic acids is 1. The lowest BCUT2D eigenvalue weighted by atomic mass is 10.3. The number of carbonyl (C=O) groups is 1. The van der Waals surface area contributed by atoms with Gasteiger partial charge in [-0.3, -0.25) is 0 Å². The zero-order valence-corrected chi connectivity index (χ0v) is 10.6. The van der Waals surface area contributed by atoms with E-state index < -0.39 is 5.97 Å². The van der Waals surface area contributed by atoms with E-state index in [1.807, 2.05) is 30.3 Å². The van der Waals surface area contributed by atoms with Gasteiger partial charge < -0.3 is 4.74 Å². The molecule has 1 heterocycles. The van der Waals surface area contributed by atoms with E-state index in [1.54, 1.807) is 6.92 Å². The fraction of sp³-hybridized carbons (Fsp3) is 0.250. The van der Waals surface area contributed by atoms with Crippen LogP contribution in [-0.2, 0) is 9.53 Å². The number of esters is 1. The fourth-order valence-corrected chi connectivity index (χ4v) is 2.42. The Kier molecular flexibility index (Phi) is 3.85. The summed E-state index contributed by atoms with van der Waals surface area (Å²) in [5.41, 5.74) is 0.831. The third-order valence-corrected chi connectivity index (χ3v) is 3.24. The lowest BCUT2D eigenvalue weighted by Crippen LogP contribution is -2.26. The summed E-state index contributed by atoms with van der Waals surface area (Å²) in [5.74, 6) is -0.458. The molecule has 1 aliphatic rings. The Morgan fingerprint density at radius 1 is 1.56 bits per heavy atom. The van der Waals surface area contributed by atoms with Crippen LogP contribution >= 0.6 is 11.8 Å². The van der Waals surface area contributed by atoms with Crippen LogP contribution in [-0.4, -0.2) is 24.2 Å². The van der Waals surface area contributed by atoms with Crippen molar-refractivity contribution in [2.45, 2.75) is 11.8 Å². The number of ether oxygens (including phenoxy) is 1. The number of fused-ring (bicyclic) bond motifs is 1. The maximum absolute atomic E-state index is 11.7. The number of nitriles is 1. The molecule has 0 saturated carbocycles. The van der Waals surface area contributed by atoms with Gasteiger partial charge in [0.2, 0.25) is 5.04 Å². The third kappa shape index (κ3) is 2.46. The first-order chi connectivity index (χ1) is 8.76. The zero-order valence-electron chi connectivity index (χ0n) is 9.79. The summed E-state index contributed by atoms with van der Waals surface area (Å²) < 4.78 is 4.92. The van der Waals surface area contributed by atoms with Crippen molar-refractivity contribution in [3.05, 3.63) is 24.3 Å². The highest BCUT2D eigenvalue weighted by Gasteiger charge is 2.24. The second-order valence-corrected chi connectivity index (χ2v) is 4.44. The van der Waals surface area contributed by atoms with Crippen molar-refractivity contribution in [1.29, 1.82) is 5.26 Å². The van der Waals surface area contributed by atoms with Gasteiger partial charge in [-0.15, -0.1) is 0 Å². The van der Waals surface area contributed by atoms with E-state index >= 15 is 0 Å². The fourth-order valence-electron chi connectivity index (χ4n) is 1.51. The van der Waals surface area contributed by atoms with E-state index in [0.717, 1.165) is 10.6 Å². The smallest absolute Gasteiger partial charge is 0.365 e. The summed E-state index contributed by atoms with van der Waals surface area (Å²) in [6, 6.07) is 9.53. The summed E-state index contributed by atoms with van der Waals surface area (Å²) >= 11 is 1.26. The molecule has 6 heteroatoms. The van der Waals surface area contributed by atoms with Crippen LogP contribution in [0.2, 0.25) is 0 Å². The van der Waals surface area contributed by atoms with Crippen molar-refractivity contribution < 1.29 is 9.53 Å². The molecule has 1 aromatic rings. The minimum Gasteiger partial charge on any atom is -0.461 e. The van der Waals surface area contributed by atoms with E-state index in [1.165, 1.54) is 16.8 Å². The molecule has 1 aliphatic heterocycles. The summed E-state index contributed by atoms with van der Waals surface area (Å²) in [5, 5.41) is 14.7. The molecule has 0 aromatic heterocycles. The molecule has 92 valence electrons. The summed E-state index contributed by atoms with van der Waals surface area (Å²) in [7, 11) is 0. The van der Waals surface area contributed by atoms with Crippen LogP contribution in [0.15, 0.2) is 34.3 Å². The number of hydrogen-bond acceptors (Lipinski definition) is 6. The Morgan fingerprint density at radius 3 is 3.06 bits per heavy atom. The molecule has 18 heavy (non-hydrogen) atoms. The summed E-state index contributed by atoms with van der Waals surface area (Å²) in [6.07, 6.45) is 0. The molecule has 0 N–H and O–H groups in total. The Morgan fingerprint density at radius 2 is 2.33 bits per heavy atom. The number of para-hydroxylation sites is 1. The molecule has 0 atom stereocenters. The molecule has 0 spiro atoms. The molecule has 0 aliphatic carbocycles. The van der Waals surface area contributed by atoms with Crippen LogP contribution in [0.3, 0.4) is 0 Å². The van der Waals surface area contributed by atoms with Crippen LogP contribution in [0.25, 0.3) is 0 Å². The largest absolute Gasteiger partial charge is 0.461 e. The molecule has 0 bridgehead atoms. The molecule has 0 unspecified atom stereocenters. The molecule has 0 fully saturated rings. The first-order valence-electron chi connectivity index (χ1n) is 5.43. The zero-order chi connectivity index (χ0) is 13.0. The Hall–Kier alpha value is -2.00. The lowest BCUT2D eigenvalue weighted by Gasteiger charge is -2.24. The van der Waals surface area contributed by atoms with Gasteiger partial charge in [-0.05, 0) is 19.1 Å². The maximum Gasteiger partial charge on any atom is 0.365 e. The van der Waals surface area contributed by atoms with Gasteiger partial charge in [0, 0.05) is 4.90 Å². The predicted octanol–water partition coefficient (Wildman–Crippen LogP) is 2.00. The lowest BCUT2D eigenvalue weighted by molar-refractivity contribution is -0.134. The number of rotatable bonds is 3. The van der Waals surface area contributed by atoms with E-state index in [2.05, 4.69) is 5.10 Å². The molecule has 1 aromatic carbocycles. The quantitative estimate of drug-likeness (QED) is 0.615. The van der Waals surface area contributed by atoms with Gasteiger partial charge >= 0.3 is 5.97 Å². The first-order valence-corrected chi connectivity index (χ1v) is 6.25. The van der Waals surface area contributed by atoms with Gasteiger partial charge in [-0.1, -0.05) is 23.9 Å². The van der Waals surface area contributed by atoms with E-state index in [4.69, 9.17) is 10.00 Å². The standard InChI is InChI=1S/C12H11N3O2S/c1-2-17-12(16)11-14-15(8-7-13)9-5-3-4-6-10(9)18-11/h3-6H,2,8H2,1H3. The van der Waals surface area contributed by atoms with Crippen molar-refractivity contribution in [2.24, 2.45) is 5.10 Å². The van der Waals surface area contributed by atoms with Gasteiger partial charge in [-0.2, -0.15) is 10.4 Å². The number of anilines is 1. The van der Waals surface area contributed by atoms with Crippen LogP contribution in [0.1, 0.15) is 6.92 Å². The van der Waals surface area contributed by atoms with Gasteiger partial charge in [-0.25, -0.2) is 9.80 Å². The normalized spacial score (nSPS) is 13.3. The predicted molar refractivity (Wildman–Crippen MR) is 69.3 cm³/mol. The van der Waals surface area contributed by atoms with Gasteiger partial charge in [0.15, 0.2) is 0 Å². The highest BCUT2D eigenvalue weighted by Crippen LogP contribution is 2.35. The van der Waals surface area contributed by atoms with E-state index in [9.17, 15) is 4.79 Å². The first kappa shape index (κ1) is 12.5. The number of nitrogens with zero attached hydrogens (tertiary/aromatic N) is 3. The average Bonchev–Trinajstić information content (AvgIpc) is 2.39. The molecule has 0 saturated heterocycles. The van der Waals surface area contributed by atoms with Crippen LogP contribution in [0.4, 0.5) is 5.69 Å². The third-order valence-electron chi connectivity index (χ3n) is 2.23. The monoisotopic (exact) mass is 261 g/mol. The summed E-state index contributed by atoms with van der Waals surface area (Å²) in [4.78, 5) is 12.6. The number of thioether (sulfide) groups is 1. The molecule has 0 radical (unpaired) electrons. The molecule has 0 amide bonds. The number of hydrazone groups is 1. The second kappa shape index (κ2) is 5.56. The van der Waals surface area contributed by atoms with Crippen molar-refractivity contribution in [3.8, 4) is 6.07 Å². The van der Waals surface area contributed by atoms with E-state index in [-0.39, 0.29) is 11.6 Å². The molecular formula is C12H11N3O2S. The minimum absolute atomic E-state index is 0.0977. The highest BCUT2D eigenvalue weighted by atomic mass is 32.2. The van der Waals surface area contributed by atoms with Gasteiger partial charge in [0.05, 0.1) is 18.4 Å². The van der Waals surface area contributed by atoms with Crippen molar-refractivity contribution >= 4 is 28.5 Å². The summed E-state index contributed by atoms with van der Waals surface area (Å²) in [6.45, 7) is 2.14.